The highest BCUT2D eigenvalue weighted by Gasteiger charge is 2.16. The van der Waals surface area contributed by atoms with Crippen molar-refractivity contribution in [3.63, 3.8) is 0 Å². The van der Waals surface area contributed by atoms with Crippen LogP contribution in [0, 0.1) is 6.92 Å². The van der Waals surface area contributed by atoms with Gasteiger partial charge in [0.25, 0.3) is 0 Å². The number of benzene rings is 2. The summed E-state index contributed by atoms with van der Waals surface area (Å²) < 4.78 is 32.2. The van der Waals surface area contributed by atoms with Gasteiger partial charge in [-0.15, -0.1) is 0 Å². The Morgan fingerprint density at radius 1 is 1.17 bits per heavy atom. The first-order valence-electron chi connectivity index (χ1n) is 7.31. The Kier molecular flexibility index (Phi) is 5.76. The van der Waals surface area contributed by atoms with E-state index in [9.17, 15) is 13.5 Å². The molecule has 0 aliphatic heterocycles. The second kappa shape index (κ2) is 7.59. The van der Waals surface area contributed by atoms with E-state index in [4.69, 9.17) is 4.74 Å². The van der Waals surface area contributed by atoms with E-state index in [0.717, 1.165) is 11.1 Å². The summed E-state index contributed by atoms with van der Waals surface area (Å²) in [5.74, 6) is 0.642. The largest absolute Gasteiger partial charge is 0.496 e. The fraction of sp³-hybridized carbons (Fsp3) is 0.294. The molecule has 0 saturated heterocycles. The van der Waals surface area contributed by atoms with Gasteiger partial charge in [-0.3, -0.25) is 0 Å². The van der Waals surface area contributed by atoms with Crippen LogP contribution < -0.4 is 9.46 Å². The number of methoxy groups -OCH3 is 1. The molecule has 0 aliphatic carbocycles. The van der Waals surface area contributed by atoms with Gasteiger partial charge in [0, 0.05) is 6.54 Å². The lowest BCUT2D eigenvalue weighted by atomic mass is 10.1. The summed E-state index contributed by atoms with van der Waals surface area (Å²) in [4.78, 5) is 0.185. The van der Waals surface area contributed by atoms with Crippen LogP contribution in [0.3, 0.4) is 0 Å². The maximum atomic E-state index is 12.3. The van der Waals surface area contributed by atoms with E-state index in [1.807, 2.05) is 30.3 Å². The average Bonchev–Trinajstić information content (AvgIpc) is 2.55. The zero-order valence-electron chi connectivity index (χ0n) is 13.2. The summed E-state index contributed by atoms with van der Waals surface area (Å²) in [6.07, 6.45) is -0.394. The number of hydrogen-bond donors (Lipinski definition) is 2. The number of rotatable bonds is 7. The molecule has 2 aromatic rings. The molecular formula is C17H21NO4S. The third kappa shape index (κ3) is 4.54. The van der Waals surface area contributed by atoms with E-state index >= 15 is 0 Å². The Morgan fingerprint density at radius 3 is 2.48 bits per heavy atom. The first-order valence-corrected chi connectivity index (χ1v) is 8.79. The smallest absolute Gasteiger partial charge is 0.240 e. The Balaban J connectivity index is 1.98. The molecule has 2 aromatic carbocycles. The van der Waals surface area contributed by atoms with E-state index in [1.165, 1.54) is 6.07 Å². The molecule has 0 unspecified atom stereocenters. The van der Waals surface area contributed by atoms with Crippen molar-refractivity contribution in [1.82, 2.24) is 4.72 Å². The maximum absolute atomic E-state index is 12.3. The van der Waals surface area contributed by atoms with Crippen LogP contribution in [0.15, 0.2) is 53.4 Å². The molecule has 0 bridgehead atoms. The number of aliphatic hydroxyl groups is 1. The molecule has 0 radical (unpaired) electrons. The number of hydrogen-bond acceptors (Lipinski definition) is 4. The van der Waals surface area contributed by atoms with Crippen LogP contribution in [0.5, 0.6) is 5.75 Å². The summed E-state index contributed by atoms with van der Waals surface area (Å²) in [5.41, 5.74) is 1.52. The van der Waals surface area contributed by atoms with Crippen molar-refractivity contribution in [2.45, 2.75) is 24.3 Å². The minimum atomic E-state index is -3.60. The van der Waals surface area contributed by atoms with Crippen LogP contribution in [0.25, 0.3) is 0 Å². The number of ether oxygens (including phenoxy) is 1. The molecule has 23 heavy (non-hydrogen) atoms. The molecule has 0 aliphatic rings. The molecule has 0 saturated carbocycles. The predicted octanol–water partition coefficient (Wildman–Crippen LogP) is 2.41. The summed E-state index contributed by atoms with van der Waals surface area (Å²) in [6, 6.07) is 13.9. The van der Waals surface area contributed by atoms with Gasteiger partial charge in [0.15, 0.2) is 0 Å². The number of aliphatic hydroxyl groups excluding tert-OH is 1. The molecule has 2 N–H and O–H groups in total. The standard InChI is InChI=1S/C17H21NO4S/c1-13-12-15(8-9-17(13)22-2)23(20,21)18-11-10-16(19)14-6-4-3-5-7-14/h3-9,12,16,18-19H,10-11H2,1-2H3/t16-/m0/s1. The molecule has 0 spiro atoms. The molecule has 1 atom stereocenters. The second-order valence-electron chi connectivity index (χ2n) is 5.24. The summed E-state index contributed by atoms with van der Waals surface area (Å²) in [5, 5.41) is 10.0. The van der Waals surface area contributed by atoms with Crippen molar-refractivity contribution in [2.24, 2.45) is 0 Å². The monoisotopic (exact) mass is 335 g/mol. The highest BCUT2D eigenvalue weighted by molar-refractivity contribution is 7.89. The Bertz CT molecular complexity index is 744. The lowest BCUT2D eigenvalue weighted by molar-refractivity contribution is 0.169. The van der Waals surface area contributed by atoms with E-state index in [2.05, 4.69) is 4.72 Å². The summed E-state index contributed by atoms with van der Waals surface area (Å²) >= 11 is 0. The van der Waals surface area contributed by atoms with Gasteiger partial charge in [0.1, 0.15) is 5.75 Å². The molecular weight excluding hydrogens is 314 g/mol. The second-order valence-corrected chi connectivity index (χ2v) is 7.01. The zero-order chi connectivity index (χ0) is 16.9. The van der Waals surface area contributed by atoms with E-state index in [0.29, 0.717) is 12.2 Å². The van der Waals surface area contributed by atoms with Crippen molar-refractivity contribution in [3.05, 3.63) is 59.7 Å². The lowest BCUT2D eigenvalue weighted by Gasteiger charge is -2.12. The normalized spacial score (nSPS) is 12.8. The Morgan fingerprint density at radius 2 is 1.87 bits per heavy atom. The fourth-order valence-corrected chi connectivity index (χ4v) is 3.41. The van der Waals surface area contributed by atoms with Crippen molar-refractivity contribution in [1.29, 1.82) is 0 Å². The van der Waals surface area contributed by atoms with Gasteiger partial charge in [0.05, 0.1) is 18.1 Å². The minimum absolute atomic E-state index is 0.156. The van der Waals surface area contributed by atoms with Gasteiger partial charge in [0.2, 0.25) is 10.0 Å². The van der Waals surface area contributed by atoms with E-state index in [-0.39, 0.29) is 11.4 Å². The average molecular weight is 335 g/mol. The van der Waals surface area contributed by atoms with Gasteiger partial charge in [-0.2, -0.15) is 0 Å². The number of nitrogens with one attached hydrogen (secondary N) is 1. The van der Waals surface area contributed by atoms with Gasteiger partial charge in [-0.25, -0.2) is 13.1 Å². The van der Waals surface area contributed by atoms with Crippen LogP contribution in [-0.4, -0.2) is 27.2 Å². The first kappa shape index (κ1) is 17.5. The molecule has 124 valence electrons. The number of aryl methyl sites for hydroxylation is 1. The first-order chi connectivity index (χ1) is 10.9. The Labute approximate surface area is 137 Å². The topological polar surface area (TPSA) is 75.6 Å². The predicted molar refractivity (Wildman–Crippen MR) is 88.9 cm³/mol. The SMILES string of the molecule is COc1ccc(S(=O)(=O)NCC[C@H](O)c2ccccc2)cc1C. The van der Waals surface area contributed by atoms with Crippen LogP contribution >= 0.6 is 0 Å². The molecule has 0 heterocycles. The van der Waals surface area contributed by atoms with Crippen LogP contribution in [0.4, 0.5) is 0 Å². The summed E-state index contributed by atoms with van der Waals surface area (Å²) in [6.45, 7) is 1.94. The van der Waals surface area contributed by atoms with Crippen LogP contribution in [0.1, 0.15) is 23.7 Å². The highest BCUT2D eigenvalue weighted by atomic mass is 32.2. The van der Waals surface area contributed by atoms with Crippen molar-refractivity contribution >= 4 is 10.0 Å². The minimum Gasteiger partial charge on any atom is -0.496 e. The molecule has 6 heteroatoms. The van der Waals surface area contributed by atoms with Gasteiger partial charge < -0.3 is 9.84 Å². The highest BCUT2D eigenvalue weighted by Crippen LogP contribution is 2.21. The van der Waals surface area contributed by atoms with Crippen LogP contribution in [-0.2, 0) is 10.0 Å². The maximum Gasteiger partial charge on any atom is 0.240 e. The Hall–Kier alpha value is -1.89. The quantitative estimate of drug-likeness (QED) is 0.815. The third-order valence-corrected chi connectivity index (χ3v) is 5.03. The molecule has 5 nitrogen and oxygen atoms in total. The summed E-state index contributed by atoms with van der Waals surface area (Å²) in [7, 11) is -2.06. The molecule has 2 rings (SSSR count). The number of sulfonamides is 1. The molecule has 0 fully saturated rings. The zero-order valence-corrected chi connectivity index (χ0v) is 14.0. The van der Waals surface area contributed by atoms with Crippen molar-refractivity contribution in [2.75, 3.05) is 13.7 Å². The van der Waals surface area contributed by atoms with E-state index in [1.54, 1.807) is 26.2 Å². The van der Waals surface area contributed by atoms with Gasteiger partial charge in [-0.1, -0.05) is 30.3 Å². The van der Waals surface area contributed by atoms with Gasteiger partial charge in [-0.05, 0) is 42.7 Å². The van der Waals surface area contributed by atoms with Crippen molar-refractivity contribution < 1.29 is 18.3 Å². The lowest BCUT2D eigenvalue weighted by Crippen LogP contribution is -2.26. The van der Waals surface area contributed by atoms with Crippen LogP contribution in [0.2, 0.25) is 0 Å². The molecule has 0 aromatic heterocycles. The van der Waals surface area contributed by atoms with Crippen molar-refractivity contribution in [3.8, 4) is 5.75 Å². The molecule has 0 amide bonds. The fourth-order valence-electron chi connectivity index (χ4n) is 2.27. The van der Waals surface area contributed by atoms with E-state index < -0.39 is 16.1 Å². The third-order valence-electron chi connectivity index (χ3n) is 3.57. The van der Waals surface area contributed by atoms with Gasteiger partial charge >= 0.3 is 0 Å².